The number of piperazine rings is 1. The largest absolute Gasteiger partial charge is 0.475 e. The summed E-state index contributed by atoms with van der Waals surface area (Å²) in [6.07, 6.45) is 5.23. The molecule has 0 aliphatic carbocycles. The number of nitrogens with zero attached hydrogens (tertiary/aromatic N) is 5. The quantitative estimate of drug-likeness (QED) is 0.572. The van der Waals surface area contributed by atoms with Crippen LogP contribution in [0.5, 0.6) is 5.88 Å². The molecule has 0 bridgehead atoms. The lowest BCUT2D eigenvalue weighted by Gasteiger charge is -2.27. The van der Waals surface area contributed by atoms with Gasteiger partial charge in [-0.1, -0.05) is 0 Å². The number of likely N-dealkylation sites (tertiary alicyclic amines) is 1. The van der Waals surface area contributed by atoms with Crippen molar-refractivity contribution in [3.05, 3.63) is 24.4 Å². The number of likely N-dealkylation sites (N-methyl/N-ethyl adjacent to an activating group) is 1. The van der Waals surface area contributed by atoms with Crippen LogP contribution in [0.1, 0.15) is 12.8 Å². The first-order valence-corrected chi connectivity index (χ1v) is 12.9. The Morgan fingerprint density at radius 3 is 2.69 bits per heavy atom. The molecule has 4 heterocycles. The third-order valence-corrected chi connectivity index (χ3v) is 7.47. The Morgan fingerprint density at radius 1 is 1.16 bits per heavy atom. The summed E-state index contributed by atoms with van der Waals surface area (Å²) in [4.78, 5) is 18.9. The highest BCUT2D eigenvalue weighted by Crippen LogP contribution is 2.32. The van der Waals surface area contributed by atoms with Crippen LogP contribution in [0.25, 0.3) is 21.8 Å². The fourth-order valence-electron chi connectivity index (χ4n) is 4.43. The Labute approximate surface area is 187 Å². The summed E-state index contributed by atoms with van der Waals surface area (Å²) in [5.41, 5.74) is 1.29. The molecule has 1 aromatic carbocycles. The Hall–Kier alpha value is -2.56. The summed E-state index contributed by atoms with van der Waals surface area (Å²) in [7, 11) is -1.25. The predicted octanol–water partition coefficient (Wildman–Crippen LogP) is 1.46. The van der Waals surface area contributed by atoms with Gasteiger partial charge in [0.25, 0.3) is 0 Å². The van der Waals surface area contributed by atoms with E-state index < -0.39 is 9.84 Å². The molecule has 1 atom stereocenters. The molecule has 170 valence electrons. The predicted molar refractivity (Wildman–Crippen MR) is 124 cm³/mol. The second-order valence-electron chi connectivity index (χ2n) is 8.63. The maximum absolute atomic E-state index is 12.1. The molecule has 3 aromatic rings. The zero-order valence-electron chi connectivity index (χ0n) is 18.4. The topological polar surface area (TPSA) is 101 Å². The smallest absolute Gasteiger partial charge is 0.225 e. The SMILES string of the molecule is CN1CCCC1COc1nc2cc(S(C)(=O)=O)ccc2c2nc(N3CCNCC3)ncc12. The van der Waals surface area contributed by atoms with Crippen molar-refractivity contribution in [3.63, 3.8) is 0 Å². The van der Waals surface area contributed by atoms with E-state index in [1.54, 1.807) is 24.4 Å². The third kappa shape index (κ3) is 4.10. The number of aromatic nitrogens is 3. The van der Waals surface area contributed by atoms with E-state index >= 15 is 0 Å². The number of hydrogen-bond donors (Lipinski definition) is 1. The maximum Gasteiger partial charge on any atom is 0.225 e. The number of ether oxygens (including phenoxy) is 1. The second kappa shape index (κ2) is 8.42. The van der Waals surface area contributed by atoms with Crippen LogP contribution in [0, 0.1) is 0 Å². The molecule has 32 heavy (non-hydrogen) atoms. The van der Waals surface area contributed by atoms with E-state index in [4.69, 9.17) is 14.7 Å². The molecule has 2 aromatic heterocycles. The number of rotatable bonds is 5. The van der Waals surface area contributed by atoms with Crippen LogP contribution < -0.4 is 15.0 Å². The van der Waals surface area contributed by atoms with Gasteiger partial charge in [-0.05, 0) is 44.6 Å². The Morgan fingerprint density at radius 2 is 1.97 bits per heavy atom. The van der Waals surface area contributed by atoms with Crippen molar-refractivity contribution in [2.24, 2.45) is 0 Å². The van der Waals surface area contributed by atoms with Crippen molar-refractivity contribution >= 4 is 37.6 Å². The minimum absolute atomic E-state index is 0.231. The highest BCUT2D eigenvalue weighted by atomic mass is 32.2. The standard InChI is InChI=1S/C22H28N6O3S/c1-27-9-3-4-15(27)14-31-21-18-13-24-22(28-10-7-23-8-11-28)26-20(18)17-6-5-16(32(2,29)30)12-19(17)25-21/h5-6,12-13,15,23H,3-4,7-11,14H2,1-2H3. The second-order valence-corrected chi connectivity index (χ2v) is 10.6. The number of fused-ring (bicyclic) bond motifs is 3. The fraction of sp³-hybridized carbons (Fsp3) is 0.500. The molecule has 2 aliphatic heterocycles. The molecule has 2 saturated heterocycles. The van der Waals surface area contributed by atoms with Crippen LogP contribution in [0.3, 0.4) is 0 Å². The van der Waals surface area contributed by atoms with E-state index in [1.165, 1.54) is 6.26 Å². The fourth-order valence-corrected chi connectivity index (χ4v) is 5.07. The number of pyridine rings is 1. The van der Waals surface area contributed by atoms with E-state index in [0.29, 0.717) is 30.0 Å². The van der Waals surface area contributed by atoms with Crippen LogP contribution in [0.4, 0.5) is 5.95 Å². The lowest BCUT2D eigenvalue weighted by atomic mass is 10.1. The van der Waals surface area contributed by atoms with Crippen LogP contribution in [-0.2, 0) is 9.84 Å². The van der Waals surface area contributed by atoms with Gasteiger partial charge in [-0.15, -0.1) is 0 Å². The highest BCUT2D eigenvalue weighted by molar-refractivity contribution is 7.90. The van der Waals surface area contributed by atoms with Gasteiger partial charge in [-0.3, -0.25) is 0 Å². The van der Waals surface area contributed by atoms with Crippen LogP contribution in [0.15, 0.2) is 29.3 Å². The molecular weight excluding hydrogens is 428 g/mol. The van der Waals surface area contributed by atoms with Crippen LogP contribution in [0.2, 0.25) is 0 Å². The van der Waals surface area contributed by atoms with E-state index in [9.17, 15) is 8.42 Å². The van der Waals surface area contributed by atoms with Gasteiger partial charge < -0.3 is 19.9 Å². The molecule has 10 heteroatoms. The Balaban J connectivity index is 1.62. The first kappa shape index (κ1) is 21.3. The lowest BCUT2D eigenvalue weighted by Crippen LogP contribution is -2.44. The van der Waals surface area contributed by atoms with Gasteiger partial charge in [0.05, 0.1) is 21.3 Å². The average Bonchev–Trinajstić information content (AvgIpc) is 3.21. The highest BCUT2D eigenvalue weighted by Gasteiger charge is 2.23. The first-order chi connectivity index (χ1) is 15.4. The molecule has 0 spiro atoms. The molecular formula is C22H28N6O3S. The summed E-state index contributed by atoms with van der Waals surface area (Å²) >= 11 is 0. The van der Waals surface area contributed by atoms with Gasteiger partial charge in [0.15, 0.2) is 9.84 Å². The van der Waals surface area contributed by atoms with Crippen molar-refractivity contribution in [3.8, 4) is 5.88 Å². The van der Waals surface area contributed by atoms with Crippen molar-refractivity contribution in [1.82, 2.24) is 25.2 Å². The van der Waals surface area contributed by atoms with Gasteiger partial charge in [-0.2, -0.15) is 0 Å². The van der Waals surface area contributed by atoms with Crippen molar-refractivity contribution in [2.75, 3.05) is 57.5 Å². The minimum atomic E-state index is -3.35. The van der Waals surface area contributed by atoms with Gasteiger partial charge in [0.2, 0.25) is 11.8 Å². The zero-order chi connectivity index (χ0) is 22.3. The number of nitrogens with one attached hydrogen (secondary N) is 1. The minimum Gasteiger partial charge on any atom is -0.475 e. The number of hydrogen-bond acceptors (Lipinski definition) is 9. The third-order valence-electron chi connectivity index (χ3n) is 6.36. The van der Waals surface area contributed by atoms with Crippen molar-refractivity contribution < 1.29 is 13.2 Å². The Kier molecular flexibility index (Phi) is 5.60. The maximum atomic E-state index is 12.1. The van der Waals surface area contributed by atoms with Crippen LogP contribution in [-0.4, -0.2) is 86.9 Å². The number of sulfone groups is 1. The van der Waals surface area contributed by atoms with Gasteiger partial charge >= 0.3 is 0 Å². The zero-order valence-corrected chi connectivity index (χ0v) is 19.2. The summed E-state index contributed by atoms with van der Waals surface area (Å²) in [5.74, 6) is 1.12. The molecule has 0 radical (unpaired) electrons. The van der Waals surface area contributed by atoms with Crippen molar-refractivity contribution in [2.45, 2.75) is 23.8 Å². The average molecular weight is 457 g/mol. The molecule has 0 saturated carbocycles. The van der Waals surface area contributed by atoms with Gasteiger partial charge in [-0.25, -0.2) is 23.4 Å². The number of benzene rings is 1. The molecule has 1 unspecified atom stereocenters. The molecule has 2 fully saturated rings. The molecule has 0 amide bonds. The first-order valence-electron chi connectivity index (χ1n) is 11.0. The summed E-state index contributed by atoms with van der Waals surface area (Å²) < 4.78 is 30.4. The van der Waals surface area contributed by atoms with E-state index in [-0.39, 0.29) is 4.90 Å². The normalized spacial score (nSPS) is 20.3. The molecule has 9 nitrogen and oxygen atoms in total. The van der Waals surface area contributed by atoms with Crippen LogP contribution >= 0.6 is 0 Å². The monoisotopic (exact) mass is 456 g/mol. The molecule has 2 aliphatic rings. The van der Waals surface area contributed by atoms with Gasteiger partial charge in [0.1, 0.15) is 6.61 Å². The Bertz CT molecular complexity index is 1260. The van der Waals surface area contributed by atoms with E-state index in [2.05, 4.69) is 27.1 Å². The summed E-state index contributed by atoms with van der Waals surface area (Å²) in [6.45, 7) is 5.04. The lowest BCUT2D eigenvalue weighted by molar-refractivity contribution is 0.195. The summed E-state index contributed by atoms with van der Waals surface area (Å²) in [6, 6.07) is 5.33. The summed E-state index contributed by atoms with van der Waals surface area (Å²) in [5, 5.41) is 4.87. The van der Waals surface area contributed by atoms with E-state index in [1.807, 2.05) is 0 Å². The van der Waals surface area contributed by atoms with E-state index in [0.717, 1.165) is 61.9 Å². The number of anilines is 1. The van der Waals surface area contributed by atoms with Crippen molar-refractivity contribution in [1.29, 1.82) is 0 Å². The van der Waals surface area contributed by atoms with Gasteiger partial charge in [0, 0.05) is 50.1 Å². The molecule has 1 N–H and O–H groups in total. The molecule has 5 rings (SSSR count).